The molecule has 1 aliphatic rings. The molecule has 0 saturated carbocycles. The molecule has 0 spiro atoms. The van der Waals surface area contributed by atoms with E-state index in [0.29, 0.717) is 25.2 Å². The standard InChI is InChI=1S/C15H23FN2O2S/c1-3-12-11-18(21(2,19)20)9-8-15(12)17-10-13-6-4-5-7-14(13)16/h4-7,12,15,17H,3,8-11H2,1-2H3/t12-,15-/m1/s1. The number of sulfonamides is 1. The van der Waals surface area contributed by atoms with Crippen molar-refractivity contribution >= 4 is 10.0 Å². The molecule has 6 heteroatoms. The minimum absolute atomic E-state index is 0.202. The second-order valence-electron chi connectivity index (χ2n) is 5.66. The van der Waals surface area contributed by atoms with E-state index in [-0.39, 0.29) is 17.8 Å². The van der Waals surface area contributed by atoms with Crippen molar-refractivity contribution in [3.8, 4) is 0 Å². The van der Waals surface area contributed by atoms with Crippen molar-refractivity contribution in [3.63, 3.8) is 0 Å². The van der Waals surface area contributed by atoms with Crippen LogP contribution in [0.15, 0.2) is 24.3 Å². The maximum absolute atomic E-state index is 13.6. The van der Waals surface area contributed by atoms with E-state index in [1.807, 2.05) is 6.07 Å². The van der Waals surface area contributed by atoms with Gasteiger partial charge in [0.05, 0.1) is 6.26 Å². The number of benzene rings is 1. The highest BCUT2D eigenvalue weighted by Crippen LogP contribution is 2.22. The van der Waals surface area contributed by atoms with Gasteiger partial charge in [0.25, 0.3) is 0 Å². The predicted molar refractivity (Wildman–Crippen MR) is 81.8 cm³/mol. The largest absolute Gasteiger partial charge is 0.309 e. The summed E-state index contributed by atoms with van der Waals surface area (Å²) in [6, 6.07) is 6.96. The Labute approximate surface area is 126 Å². The van der Waals surface area contributed by atoms with E-state index in [4.69, 9.17) is 0 Å². The molecule has 0 aliphatic carbocycles. The van der Waals surface area contributed by atoms with E-state index in [1.165, 1.54) is 12.3 Å². The first-order chi connectivity index (χ1) is 9.91. The third kappa shape index (κ3) is 4.25. The number of hydrogen-bond acceptors (Lipinski definition) is 3. The Kier molecular flexibility index (Phi) is 5.35. The summed E-state index contributed by atoms with van der Waals surface area (Å²) in [5, 5.41) is 3.39. The fraction of sp³-hybridized carbons (Fsp3) is 0.600. The van der Waals surface area contributed by atoms with Crippen LogP contribution in [0.4, 0.5) is 4.39 Å². The number of nitrogens with one attached hydrogen (secondary N) is 1. The SMILES string of the molecule is CC[C@@H]1CN(S(C)(=O)=O)CC[C@H]1NCc1ccccc1F. The molecule has 2 rings (SSSR count). The third-order valence-electron chi connectivity index (χ3n) is 4.20. The van der Waals surface area contributed by atoms with E-state index < -0.39 is 10.0 Å². The molecular formula is C15H23FN2O2S. The van der Waals surface area contributed by atoms with E-state index in [9.17, 15) is 12.8 Å². The van der Waals surface area contributed by atoms with Crippen LogP contribution in [-0.2, 0) is 16.6 Å². The summed E-state index contributed by atoms with van der Waals surface area (Å²) in [4.78, 5) is 0. The highest BCUT2D eigenvalue weighted by molar-refractivity contribution is 7.88. The lowest BCUT2D eigenvalue weighted by atomic mass is 9.91. The molecule has 0 aromatic heterocycles. The molecule has 0 radical (unpaired) electrons. The predicted octanol–water partition coefficient (Wildman–Crippen LogP) is 1.98. The highest BCUT2D eigenvalue weighted by atomic mass is 32.2. The first-order valence-electron chi connectivity index (χ1n) is 7.33. The van der Waals surface area contributed by atoms with Gasteiger partial charge in [-0.05, 0) is 18.4 Å². The summed E-state index contributed by atoms with van der Waals surface area (Å²) in [6.07, 6.45) is 2.92. The molecule has 0 unspecified atom stereocenters. The molecule has 1 aromatic carbocycles. The number of piperidine rings is 1. The van der Waals surface area contributed by atoms with Gasteiger partial charge in [-0.15, -0.1) is 0 Å². The molecule has 1 N–H and O–H groups in total. The summed E-state index contributed by atoms with van der Waals surface area (Å²) >= 11 is 0. The zero-order chi connectivity index (χ0) is 15.5. The maximum atomic E-state index is 13.6. The molecule has 1 aliphatic heterocycles. The van der Waals surface area contributed by atoms with Crippen LogP contribution < -0.4 is 5.32 Å². The Morgan fingerprint density at radius 1 is 1.38 bits per heavy atom. The van der Waals surface area contributed by atoms with Gasteiger partial charge in [-0.2, -0.15) is 0 Å². The van der Waals surface area contributed by atoms with E-state index in [1.54, 1.807) is 16.4 Å². The van der Waals surface area contributed by atoms with Gasteiger partial charge in [0.1, 0.15) is 5.82 Å². The Balaban J connectivity index is 1.97. The van der Waals surface area contributed by atoms with Crippen molar-refractivity contribution < 1.29 is 12.8 Å². The molecule has 1 fully saturated rings. The molecule has 2 atom stereocenters. The average Bonchev–Trinajstić information content (AvgIpc) is 2.45. The van der Waals surface area contributed by atoms with Gasteiger partial charge < -0.3 is 5.32 Å². The summed E-state index contributed by atoms with van der Waals surface area (Å²) in [7, 11) is -3.12. The van der Waals surface area contributed by atoms with Crippen LogP contribution in [-0.4, -0.2) is 38.1 Å². The Morgan fingerprint density at radius 2 is 2.10 bits per heavy atom. The molecule has 1 aromatic rings. The first kappa shape index (κ1) is 16.4. The number of nitrogens with zero attached hydrogens (tertiary/aromatic N) is 1. The van der Waals surface area contributed by atoms with E-state index >= 15 is 0 Å². The minimum Gasteiger partial charge on any atom is -0.309 e. The van der Waals surface area contributed by atoms with Crippen molar-refractivity contribution in [1.82, 2.24) is 9.62 Å². The van der Waals surface area contributed by atoms with Gasteiger partial charge in [0.2, 0.25) is 10.0 Å². The van der Waals surface area contributed by atoms with Crippen molar-refractivity contribution in [1.29, 1.82) is 0 Å². The maximum Gasteiger partial charge on any atom is 0.211 e. The molecule has 0 bridgehead atoms. The van der Waals surface area contributed by atoms with Crippen LogP contribution >= 0.6 is 0 Å². The molecular weight excluding hydrogens is 291 g/mol. The summed E-state index contributed by atoms with van der Waals surface area (Å²) in [5.41, 5.74) is 0.651. The van der Waals surface area contributed by atoms with Crippen LogP contribution in [0, 0.1) is 11.7 Å². The van der Waals surface area contributed by atoms with Gasteiger partial charge in [0.15, 0.2) is 0 Å². The van der Waals surface area contributed by atoms with Crippen LogP contribution in [0.1, 0.15) is 25.3 Å². The van der Waals surface area contributed by atoms with Gasteiger partial charge in [0, 0.05) is 31.2 Å². The van der Waals surface area contributed by atoms with E-state index in [0.717, 1.165) is 12.8 Å². The normalized spacial score (nSPS) is 24.1. The number of rotatable bonds is 5. The smallest absolute Gasteiger partial charge is 0.211 e. The monoisotopic (exact) mass is 314 g/mol. The second kappa shape index (κ2) is 6.85. The lowest BCUT2D eigenvalue weighted by Crippen LogP contribution is -2.50. The molecule has 4 nitrogen and oxygen atoms in total. The Hall–Kier alpha value is -0.980. The van der Waals surface area contributed by atoms with Crippen LogP contribution in [0.3, 0.4) is 0 Å². The first-order valence-corrected chi connectivity index (χ1v) is 9.18. The third-order valence-corrected chi connectivity index (χ3v) is 5.47. The molecule has 1 heterocycles. The lowest BCUT2D eigenvalue weighted by Gasteiger charge is -2.37. The fourth-order valence-corrected chi connectivity index (χ4v) is 3.76. The van der Waals surface area contributed by atoms with Crippen molar-refractivity contribution in [2.45, 2.75) is 32.4 Å². The average molecular weight is 314 g/mol. The Bertz CT molecular complexity index is 577. The molecule has 0 amide bonds. The number of hydrogen-bond donors (Lipinski definition) is 1. The Morgan fingerprint density at radius 3 is 2.71 bits per heavy atom. The quantitative estimate of drug-likeness (QED) is 0.904. The van der Waals surface area contributed by atoms with Crippen molar-refractivity contribution in [2.24, 2.45) is 5.92 Å². The van der Waals surface area contributed by atoms with Gasteiger partial charge >= 0.3 is 0 Å². The topological polar surface area (TPSA) is 49.4 Å². The molecule has 1 saturated heterocycles. The highest BCUT2D eigenvalue weighted by Gasteiger charge is 2.31. The van der Waals surface area contributed by atoms with Crippen LogP contribution in [0.2, 0.25) is 0 Å². The zero-order valence-electron chi connectivity index (χ0n) is 12.5. The van der Waals surface area contributed by atoms with Gasteiger partial charge in [-0.3, -0.25) is 0 Å². The number of halogens is 1. The summed E-state index contributed by atoms with van der Waals surface area (Å²) in [5.74, 6) is 0.0619. The summed E-state index contributed by atoms with van der Waals surface area (Å²) < 4.78 is 38.4. The van der Waals surface area contributed by atoms with E-state index in [2.05, 4.69) is 12.2 Å². The van der Waals surface area contributed by atoms with Crippen molar-refractivity contribution in [3.05, 3.63) is 35.6 Å². The van der Waals surface area contributed by atoms with Crippen LogP contribution in [0.5, 0.6) is 0 Å². The lowest BCUT2D eigenvalue weighted by molar-refractivity contribution is 0.201. The molecule has 118 valence electrons. The van der Waals surface area contributed by atoms with Crippen LogP contribution in [0.25, 0.3) is 0 Å². The molecule has 21 heavy (non-hydrogen) atoms. The zero-order valence-corrected chi connectivity index (χ0v) is 13.4. The fourth-order valence-electron chi connectivity index (χ4n) is 2.87. The van der Waals surface area contributed by atoms with Crippen molar-refractivity contribution in [2.75, 3.05) is 19.3 Å². The minimum atomic E-state index is -3.12. The van der Waals surface area contributed by atoms with Gasteiger partial charge in [-0.25, -0.2) is 17.1 Å². The summed E-state index contributed by atoms with van der Waals surface area (Å²) in [6.45, 7) is 3.62. The second-order valence-corrected chi connectivity index (χ2v) is 7.64. The van der Waals surface area contributed by atoms with Gasteiger partial charge in [-0.1, -0.05) is 31.5 Å².